The molecule has 2 aromatic rings. The average molecular weight is 399 g/mol. The van der Waals surface area contributed by atoms with Gasteiger partial charge in [-0.2, -0.15) is 0 Å². The highest BCUT2D eigenvalue weighted by atomic mass is 19.1. The number of aryl methyl sites for hydroxylation is 1. The normalized spacial score (nSPS) is 22.5. The summed E-state index contributed by atoms with van der Waals surface area (Å²) in [6, 6.07) is 10.4. The summed E-state index contributed by atoms with van der Waals surface area (Å²) in [6.07, 6.45) is 2.66. The maximum Gasteiger partial charge on any atom is 0.191 e. The highest BCUT2D eigenvalue weighted by Gasteiger charge is 2.42. The van der Waals surface area contributed by atoms with Gasteiger partial charge in [0.15, 0.2) is 5.96 Å². The second-order valence-electron chi connectivity index (χ2n) is 7.84. The Labute approximate surface area is 170 Å². The molecule has 0 radical (unpaired) electrons. The van der Waals surface area contributed by atoms with E-state index in [1.165, 1.54) is 18.2 Å². The molecule has 2 atom stereocenters. The molecule has 2 heterocycles. The van der Waals surface area contributed by atoms with E-state index in [2.05, 4.69) is 31.6 Å². The summed E-state index contributed by atoms with van der Waals surface area (Å²) >= 11 is 0. The quantitative estimate of drug-likeness (QED) is 0.612. The lowest BCUT2D eigenvalue weighted by atomic mass is 10.1. The molecule has 1 aliphatic carbocycles. The van der Waals surface area contributed by atoms with E-state index in [0.717, 1.165) is 37.4 Å². The fourth-order valence-electron chi connectivity index (χ4n) is 4.04. The molecule has 0 amide bonds. The Balaban J connectivity index is 1.29. The van der Waals surface area contributed by atoms with Gasteiger partial charge < -0.3 is 15.5 Å². The maximum atomic E-state index is 14.0. The van der Waals surface area contributed by atoms with Gasteiger partial charge in [0, 0.05) is 49.4 Å². The Bertz CT molecular complexity index is 872. The molecule has 5 nitrogen and oxygen atoms in total. The van der Waals surface area contributed by atoms with Gasteiger partial charge in [-0.25, -0.2) is 13.8 Å². The van der Waals surface area contributed by atoms with Gasteiger partial charge in [-0.3, -0.25) is 4.99 Å². The van der Waals surface area contributed by atoms with E-state index in [-0.39, 0.29) is 17.5 Å². The van der Waals surface area contributed by atoms with Crippen LogP contribution in [-0.2, 0) is 0 Å². The number of nitrogens with one attached hydrogen (secondary N) is 2. The molecule has 0 bridgehead atoms. The zero-order chi connectivity index (χ0) is 20.4. The van der Waals surface area contributed by atoms with Crippen molar-refractivity contribution >= 4 is 11.8 Å². The van der Waals surface area contributed by atoms with Gasteiger partial charge in [0.2, 0.25) is 0 Å². The minimum Gasteiger partial charge on any atom is -0.356 e. The first-order chi connectivity index (χ1) is 14.0. The van der Waals surface area contributed by atoms with Crippen LogP contribution in [0.15, 0.2) is 41.4 Å². The molecule has 1 aliphatic heterocycles. The van der Waals surface area contributed by atoms with Crippen molar-refractivity contribution in [1.29, 1.82) is 0 Å². The Morgan fingerprint density at radius 2 is 1.76 bits per heavy atom. The molecule has 1 saturated carbocycles. The van der Waals surface area contributed by atoms with Gasteiger partial charge in [0.1, 0.15) is 17.5 Å². The lowest BCUT2D eigenvalue weighted by molar-refractivity contribution is 0.459. The maximum absolute atomic E-state index is 14.0. The van der Waals surface area contributed by atoms with Crippen molar-refractivity contribution in [1.82, 2.24) is 15.6 Å². The van der Waals surface area contributed by atoms with Crippen LogP contribution in [-0.4, -0.2) is 43.2 Å². The zero-order valence-corrected chi connectivity index (χ0v) is 16.8. The largest absolute Gasteiger partial charge is 0.356 e. The van der Waals surface area contributed by atoms with E-state index < -0.39 is 11.6 Å². The van der Waals surface area contributed by atoms with Crippen LogP contribution < -0.4 is 15.5 Å². The van der Waals surface area contributed by atoms with Crippen LogP contribution in [0, 0.1) is 18.6 Å². The van der Waals surface area contributed by atoms with E-state index in [9.17, 15) is 8.78 Å². The zero-order valence-electron chi connectivity index (χ0n) is 16.8. The standard InChI is InChI=1S/C22H27F2N5/c1-14-5-3-8-20(26-14)29-11-9-15(10-12-29)27-22(25-2)28-19-13-16(19)21-17(23)6-4-7-18(21)24/h3-8,15-16,19H,9-13H2,1-2H3,(H2,25,27,28). The molecular weight excluding hydrogens is 372 g/mol. The highest BCUT2D eigenvalue weighted by molar-refractivity contribution is 5.81. The lowest BCUT2D eigenvalue weighted by Gasteiger charge is -2.34. The van der Waals surface area contributed by atoms with Crippen LogP contribution in [0.5, 0.6) is 0 Å². The number of aromatic nitrogens is 1. The Hall–Kier alpha value is -2.70. The van der Waals surface area contributed by atoms with E-state index >= 15 is 0 Å². The molecule has 2 N–H and O–H groups in total. The van der Waals surface area contributed by atoms with Crippen LogP contribution >= 0.6 is 0 Å². The number of halogens is 2. The van der Waals surface area contributed by atoms with Crippen molar-refractivity contribution in [2.45, 2.75) is 44.2 Å². The summed E-state index contributed by atoms with van der Waals surface area (Å²) in [5.74, 6) is 0.628. The molecule has 1 aromatic heterocycles. The smallest absolute Gasteiger partial charge is 0.191 e. The fourth-order valence-corrected chi connectivity index (χ4v) is 4.04. The van der Waals surface area contributed by atoms with Crippen LogP contribution in [0.1, 0.15) is 36.4 Å². The van der Waals surface area contributed by atoms with Crippen molar-refractivity contribution < 1.29 is 8.78 Å². The van der Waals surface area contributed by atoms with Crippen molar-refractivity contribution in [3.05, 3.63) is 59.3 Å². The van der Waals surface area contributed by atoms with Gasteiger partial charge in [0.25, 0.3) is 0 Å². The summed E-state index contributed by atoms with van der Waals surface area (Å²) in [6.45, 7) is 3.86. The molecular formula is C22H27F2N5. The predicted molar refractivity (Wildman–Crippen MR) is 111 cm³/mol. The predicted octanol–water partition coefficient (Wildman–Crippen LogP) is 3.36. The van der Waals surface area contributed by atoms with Crippen molar-refractivity contribution in [2.24, 2.45) is 4.99 Å². The van der Waals surface area contributed by atoms with Gasteiger partial charge in [-0.15, -0.1) is 0 Å². The minimum atomic E-state index is -0.473. The van der Waals surface area contributed by atoms with Crippen LogP contribution in [0.2, 0.25) is 0 Å². The molecule has 2 unspecified atom stereocenters. The summed E-state index contributed by atoms with van der Waals surface area (Å²) in [5.41, 5.74) is 1.21. The summed E-state index contributed by atoms with van der Waals surface area (Å²) in [4.78, 5) is 11.2. The Morgan fingerprint density at radius 1 is 1.07 bits per heavy atom. The number of hydrogen-bond acceptors (Lipinski definition) is 3. The second-order valence-corrected chi connectivity index (χ2v) is 7.84. The van der Waals surface area contributed by atoms with Crippen molar-refractivity contribution in [2.75, 3.05) is 25.0 Å². The average Bonchev–Trinajstić information content (AvgIpc) is 3.46. The van der Waals surface area contributed by atoms with Crippen LogP contribution in [0.4, 0.5) is 14.6 Å². The number of aliphatic imine (C=N–C) groups is 1. The number of guanidine groups is 1. The topological polar surface area (TPSA) is 52.6 Å². The van der Waals surface area contributed by atoms with Crippen molar-refractivity contribution in [3.8, 4) is 0 Å². The molecule has 7 heteroatoms. The van der Waals surface area contributed by atoms with E-state index in [4.69, 9.17) is 0 Å². The number of piperidine rings is 1. The molecule has 1 saturated heterocycles. The molecule has 2 fully saturated rings. The number of anilines is 1. The first-order valence-electron chi connectivity index (χ1n) is 10.2. The van der Waals surface area contributed by atoms with Crippen molar-refractivity contribution in [3.63, 3.8) is 0 Å². The molecule has 4 rings (SSSR count). The highest BCUT2D eigenvalue weighted by Crippen LogP contribution is 2.43. The number of hydrogen-bond donors (Lipinski definition) is 2. The Kier molecular flexibility index (Phi) is 5.65. The number of rotatable bonds is 4. The van der Waals surface area contributed by atoms with Gasteiger partial charge in [-0.05, 0) is 50.5 Å². The summed E-state index contributed by atoms with van der Waals surface area (Å²) < 4.78 is 28.0. The second kappa shape index (κ2) is 8.35. The molecule has 1 aromatic carbocycles. The van der Waals surface area contributed by atoms with E-state index in [1.54, 1.807) is 7.05 Å². The lowest BCUT2D eigenvalue weighted by Crippen LogP contribution is -2.49. The van der Waals surface area contributed by atoms with Crippen LogP contribution in [0.25, 0.3) is 0 Å². The first kappa shape index (κ1) is 19.6. The SMILES string of the molecule is CN=C(NC1CCN(c2cccc(C)n2)CC1)NC1CC1c1c(F)cccc1F. The van der Waals surface area contributed by atoms with Gasteiger partial charge in [-0.1, -0.05) is 12.1 Å². The first-order valence-corrected chi connectivity index (χ1v) is 10.2. The molecule has 29 heavy (non-hydrogen) atoms. The molecule has 2 aliphatic rings. The monoisotopic (exact) mass is 399 g/mol. The third kappa shape index (κ3) is 4.49. The van der Waals surface area contributed by atoms with E-state index in [1.807, 2.05) is 19.1 Å². The minimum absolute atomic E-state index is 0.00387. The van der Waals surface area contributed by atoms with Gasteiger partial charge >= 0.3 is 0 Å². The molecule has 0 spiro atoms. The van der Waals surface area contributed by atoms with Crippen LogP contribution in [0.3, 0.4) is 0 Å². The fraction of sp³-hybridized carbons (Fsp3) is 0.455. The Morgan fingerprint density at radius 3 is 2.41 bits per heavy atom. The number of nitrogens with zero attached hydrogens (tertiary/aromatic N) is 3. The number of pyridine rings is 1. The summed E-state index contributed by atoms with van der Waals surface area (Å²) in [5, 5.41) is 6.79. The van der Waals surface area contributed by atoms with E-state index in [0.29, 0.717) is 18.4 Å². The van der Waals surface area contributed by atoms with Gasteiger partial charge in [0.05, 0.1) is 0 Å². The molecule has 154 valence electrons. The number of benzene rings is 1. The third-order valence-electron chi connectivity index (χ3n) is 5.74. The summed E-state index contributed by atoms with van der Waals surface area (Å²) in [7, 11) is 1.72. The third-order valence-corrected chi connectivity index (χ3v) is 5.74.